The van der Waals surface area contributed by atoms with Crippen LogP contribution in [-0.2, 0) is 6.61 Å². The molecule has 0 saturated carbocycles. The van der Waals surface area contributed by atoms with Crippen molar-refractivity contribution in [2.24, 2.45) is 5.10 Å². The van der Waals surface area contributed by atoms with Crippen molar-refractivity contribution in [1.82, 2.24) is 5.43 Å². The monoisotopic (exact) mass is 660 g/mol. The van der Waals surface area contributed by atoms with Gasteiger partial charge in [-0.25, -0.2) is 9.82 Å². The molecule has 0 fully saturated rings. The molecule has 0 bridgehead atoms. The molecule has 3 rings (SSSR count). The van der Waals surface area contributed by atoms with Crippen molar-refractivity contribution in [2.45, 2.75) is 6.61 Å². The van der Waals surface area contributed by atoms with Gasteiger partial charge >= 0.3 is 0 Å². The molecule has 0 aliphatic rings. The summed E-state index contributed by atoms with van der Waals surface area (Å²) in [6, 6.07) is 15.1. The number of amides is 1. The first kappa shape index (κ1) is 24.2. The summed E-state index contributed by atoms with van der Waals surface area (Å²) >= 11 is 4.24. The second-order valence-corrected chi connectivity index (χ2v) is 8.79. The smallest absolute Gasteiger partial charge is 0.271 e. The third kappa shape index (κ3) is 6.09. The molecule has 3 aromatic carbocycles. The lowest BCUT2D eigenvalue weighted by atomic mass is 10.2. The zero-order chi connectivity index (χ0) is 23.1. The Labute approximate surface area is 212 Å². The molecular weight excluding hydrogens is 641 g/mol. The highest BCUT2D eigenvalue weighted by molar-refractivity contribution is 14.1. The van der Waals surface area contributed by atoms with Crippen LogP contribution in [0.2, 0.25) is 0 Å². The molecule has 1 amide bonds. The van der Waals surface area contributed by atoms with Crippen LogP contribution in [0.5, 0.6) is 17.2 Å². The van der Waals surface area contributed by atoms with Crippen molar-refractivity contribution < 1.29 is 23.4 Å². The second kappa shape index (κ2) is 11.5. The van der Waals surface area contributed by atoms with Crippen molar-refractivity contribution in [3.05, 3.63) is 84.2 Å². The van der Waals surface area contributed by atoms with Gasteiger partial charge in [-0.2, -0.15) is 5.10 Å². The zero-order valence-electron chi connectivity index (χ0n) is 17.2. The molecule has 3 aromatic rings. The van der Waals surface area contributed by atoms with E-state index < -0.39 is 0 Å². The highest BCUT2D eigenvalue weighted by Gasteiger charge is 2.13. The molecule has 0 heterocycles. The van der Waals surface area contributed by atoms with Crippen LogP contribution in [0, 0.1) is 13.0 Å². The fraction of sp³-hybridized carbons (Fsp3) is 0.130. The minimum absolute atomic E-state index is 0.0714. The number of carbonyl (C=O) groups excluding carboxylic acids is 1. The Morgan fingerprint density at radius 2 is 1.78 bits per heavy atom. The molecular formula is C23H19FI2N2O4. The average Bonchev–Trinajstić information content (AvgIpc) is 2.79. The van der Waals surface area contributed by atoms with E-state index in [-0.39, 0.29) is 18.3 Å². The lowest BCUT2D eigenvalue weighted by molar-refractivity contribution is 0.0954. The van der Waals surface area contributed by atoms with Crippen molar-refractivity contribution >= 4 is 57.3 Å². The summed E-state index contributed by atoms with van der Waals surface area (Å²) in [7, 11) is 3.07. The SMILES string of the molecule is COc1cc(C(=O)N/N=C\c2cc(I)c(OCc3ccccc3F)c(OC)c2)ccc1I. The van der Waals surface area contributed by atoms with Gasteiger partial charge in [-0.05, 0) is 87.1 Å². The summed E-state index contributed by atoms with van der Waals surface area (Å²) in [4.78, 5) is 12.3. The average molecular weight is 660 g/mol. The predicted molar refractivity (Wildman–Crippen MR) is 137 cm³/mol. The number of hydrazone groups is 1. The van der Waals surface area contributed by atoms with Crippen molar-refractivity contribution in [3.8, 4) is 17.2 Å². The molecule has 0 aliphatic heterocycles. The van der Waals surface area contributed by atoms with Crippen LogP contribution in [0.15, 0.2) is 59.7 Å². The van der Waals surface area contributed by atoms with E-state index in [1.165, 1.54) is 19.4 Å². The molecule has 0 saturated heterocycles. The van der Waals surface area contributed by atoms with Crippen LogP contribution in [0.25, 0.3) is 0 Å². The second-order valence-electron chi connectivity index (χ2n) is 6.46. The third-order valence-electron chi connectivity index (χ3n) is 4.37. The Morgan fingerprint density at radius 3 is 2.50 bits per heavy atom. The van der Waals surface area contributed by atoms with Gasteiger partial charge in [-0.15, -0.1) is 0 Å². The molecule has 0 aromatic heterocycles. The van der Waals surface area contributed by atoms with E-state index in [0.29, 0.717) is 33.9 Å². The van der Waals surface area contributed by atoms with E-state index in [9.17, 15) is 9.18 Å². The Morgan fingerprint density at radius 1 is 1.03 bits per heavy atom. The molecule has 0 aliphatic carbocycles. The number of ether oxygens (including phenoxy) is 3. The van der Waals surface area contributed by atoms with Gasteiger partial charge in [-0.1, -0.05) is 18.2 Å². The Balaban J connectivity index is 1.70. The van der Waals surface area contributed by atoms with Gasteiger partial charge < -0.3 is 14.2 Å². The number of methoxy groups -OCH3 is 2. The Bertz CT molecular complexity index is 1150. The van der Waals surface area contributed by atoms with Gasteiger partial charge in [0.05, 0.1) is 27.6 Å². The van der Waals surface area contributed by atoms with Crippen molar-refractivity contribution in [2.75, 3.05) is 14.2 Å². The highest BCUT2D eigenvalue weighted by atomic mass is 127. The molecule has 9 heteroatoms. The molecule has 1 N–H and O–H groups in total. The van der Waals surface area contributed by atoms with E-state index in [4.69, 9.17) is 14.2 Å². The van der Waals surface area contributed by atoms with Crippen LogP contribution in [0.1, 0.15) is 21.5 Å². The van der Waals surface area contributed by atoms with Gasteiger partial charge in [0.15, 0.2) is 11.5 Å². The first-order valence-electron chi connectivity index (χ1n) is 9.33. The minimum atomic E-state index is -0.359. The van der Waals surface area contributed by atoms with Crippen LogP contribution < -0.4 is 19.6 Å². The quantitative estimate of drug-likeness (QED) is 0.200. The largest absolute Gasteiger partial charge is 0.496 e. The molecule has 32 heavy (non-hydrogen) atoms. The first-order valence-corrected chi connectivity index (χ1v) is 11.5. The maximum absolute atomic E-state index is 13.9. The molecule has 0 spiro atoms. The van der Waals surface area contributed by atoms with Crippen molar-refractivity contribution in [3.63, 3.8) is 0 Å². The van der Waals surface area contributed by atoms with E-state index >= 15 is 0 Å². The van der Waals surface area contributed by atoms with Crippen LogP contribution in [-0.4, -0.2) is 26.3 Å². The van der Waals surface area contributed by atoms with Crippen molar-refractivity contribution in [1.29, 1.82) is 0 Å². The Kier molecular flexibility index (Phi) is 8.67. The summed E-state index contributed by atoms with van der Waals surface area (Å²) in [6.45, 7) is 0.0714. The number of hydrogen-bond donors (Lipinski definition) is 1. The van der Waals surface area contributed by atoms with Gasteiger partial charge in [0.1, 0.15) is 18.2 Å². The minimum Gasteiger partial charge on any atom is -0.496 e. The number of nitrogens with one attached hydrogen (secondary N) is 1. The third-order valence-corrected chi connectivity index (χ3v) is 6.07. The van der Waals surface area contributed by atoms with E-state index in [1.54, 1.807) is 49.6 Å². The summed E-state index contributed by atoms with van der Waals surface area (Å²) in [6.07, 6.45) is 1.51. The maximum Gasteiger partial charge on any atom is 0.271 e. The predicted octanol–water partition coefficient (Wildman–Crippen LogP) is 5.40. The van der Waals surface area contributed by atoms with Gasteiger partial charge in [0.2, 0.25) is 0 Å². The molecule has 6 nitrogen and oxygen atoms in total. The van der Waals surface area contributed by atoms with Gasteiger partial charge in [0.25, 0.3) is 5.91 Å². The summed E-state index contributed by atoms with van der Waals surface area (Å²) in [5.74, 6) is 0.911. The molecule has 0 unspecified atom stereocenters. The normalized spacial score (nSPS) is 10.8. The van der Waals surface area contributed by atoms with E-state index in [0.717, 1.165) is 7.14 Å². The molecule has 0 atom stereocenters. The summed E-state index contributed by atoms with van der Waals surface area (Å²) in [5.41, 5.74) is 4.08. The fourth-order valence-corrected chi connectivity index (χ4v) is 4.09. The first-order chi connectivity index (χ1) is 15.4. The van der Waals surface area contributed by atoms with Crippen LogP contribution >= 0.6 is 45.2 Å². The van der Waals surface area contributed by atoms with Gasteiger partial charge in [-0.3, -0.25) is 4.79 Å². The van der Waals surface area contributed by atoms with E-state index in [2.05, 4.69) is 55.7 Å². The summed E-state index contributed by atoms with van der Waals surface area (Å²) in [5, 5.41) is 4.03. The number of hydrogen-bond acceptors (Lipinski definition) is 5. The number of rotatable bonds is 8. The maximum atomic E-state index is 13.9. The van der Waals surface area contributed by atoms with Crippen LogP contribution in [0.3, 0.4) is 0 Å². The van der Waals surface area contributed by atoms with Gasteiger partial charge in [0, 0.05) is 11.1 Å². The standard InChI is InChI=1S/C23H19FI2N2O4/c1-30-20-11-15(7-8-18(20)25)23(29)28-27-12-14-9-19(26)22(21(10-14)31-2)32-13-16-5-3-4-6-17(16)24/h3-12H,13H2,1-2H3,(H,28,29)/b27-12-. The topological polar surface area (TPSA) is 69.2 Å². The molecule has 166 valence electrons. The van der Waals surface area contributed by atoms with Crippen LogP contribution in [0.4, 0.5) is 4.39 Å². The number of halogens is 3. The lowest BCUT2D eigenvalue weighted by Crippen LogP contribution is -2.17. The number of carbonyl (C=O) groups is 1. The fourth-order valence-electron chi connectivity index (χ4n) is 2.75. The molecule has 0 radical (unpaired) electrons. The highest BCUT2D eigenvalue weighted by Crippen LogP contribution is 2.34. The van der Waals surface area contributed by atoms with E-state index in [1.807, 2.05) is 6.07 Å². The number of nitrogens with zero attached hydrogens (tertiary/aromatic N) is 1. The number of benzene rings is 3. The zero-order valence-corrected chi connectivity index (χ0v) is 21.5. The summed E-state index contributed by atoms with van der Waals surface area (Å²) < 4.78 is 32.0. The Hall–Kier alpha value is -2.41. The lowest BCUT2D eigenvalue weighted by Gasteiger charge is -2.14.